The first-order valence-electron chi connectivity index (χ1n) is 3.73. The number of hydrogen-bond donors (Lipinski definition) is 2. The van der Waals surface area contributed by atoms with Crippen LogP contribution in [0.2, 0.25) is 0 Å². The topological polar surface area (TPSA) is 99.3 Å². The van der Waals surface area contributed by atoms with Crippen molar-refractivity contribution >= 4 is 11.7 Å². The Morgan fingerprint density at radius 2 is 2.23 bits per heavy atom. The highest BCUT2D eigenvalue weighted by molar-refractivity contribution is 5.97. The van der Waals surface area contributed by atoms with Crippen molar-refractivity contribution in [2.45, 2.75) is 12.5 Å². The first-order valence-corrected chi connectivity index (χ1v) is 3.73. The van der Waals surface area contributed by atoms with Crippen molar-refractivity contribution in [1.82, 2.24) is 0 Å². The molecule has 0 aliphatic carbocycles. The van der Waals surface area contributed by atoms with Gasteiger partial charge in [0, 0.05) is 6.42 Å². The summed E-state index contributed by atoms with van der Waals surface area (Å²) in [5, 5.41) is 0. The number of carbonyl (C=O) groups excluding carboxylic acids is 2. The van der Waals surface area contributed by atoms with E-state index >= 15 is 0 Å². The second kappa shape index (κ2) is 3.86. The number of primary amides is 1. The molecule has 1 aromatic rings. The molecular formula is C8H10N2O3. The Morgan fingerprint density at radius 3 is 2.69 bits per heavy atom. The van der Waals surface area contributed by atoms with E-state index in [4.69, 9.17) is 15.9 Å². The first-order chi connectivity index (χ1) is 6.11. The normalized spacial score (nSPS) is 12.4. The van der Waals surface area contributed by atoms with Crippen LogP contribution < -0.4 is 11.5 Å². The Balaban J connectivity index is 2.56. The van der Waals surface area contributed by atoms with Gasteiger partial charge in [0.25, 0.3) is 0 Å². The van der Waals surface area contributed by atoms with Gasteiger partial charge in [0.1, 0.15) is 0 Å². The molecule has 1 amide bonds. The third-order valence-corrected chi connectivity index (χ3v) is 1.57. The van der Waals surface area contributed by atoms with Crippen LogP contribution >= 0.6 is 0 Å². The van der Waals surface area contributed by atoms with Crippen LogP contribution in [0.25, 0.3) is 0 Å². The number of Topliss-reactive ketones (excluding diaryl/α,β-unsaturated/α-hetero) is 1. The summed E-state index contributed by atoms with van der Waals surface area (Å²) in [5.41, 5.74) is 10.2. The zero-order valence-electron chi connectivity index (χ0n) is 6.90. The fourth-order valence-electron chi connectivity index (χ4n) is 0.838. The fourth-order valence-corrected chi connectivity index (χ4v) is 0.838. The molecular weight excluding hydrogens is 172 g/mol. The number of nitrogens with two attached hydrogens (primary N) is 2. The summed E-state index contributed by atoms with van der Waals surface area (Å²) >= 11 is 0. The standard InChI is InChI=1S/C8H10N2O3/c9-5(8(10)12)4-6(11)7-2-1-3-13-7/h1-3,5H,4,9H2,(H2,10,12). The lowest BCUT2D eigenvalue weighted by Gasteiger charge is -2.03. The maximum absolute atomic E-state index is 11.2. The Bertz CT molecular complexity index is 305. The van der Waals surface area contributed by atoms with Crippen molar-refractivity contribution in [3.8, 4) is 0 Å². The highest BCUT2D eigenvalue weighted by Gasteiger charge is 2.17. The zero-order valence-corrected chi connectivity index (χ0v) is 6.90. The van der Waals surface area contributed by atoms with Crippen molar-refractivity contribution in [3.05, 3.63) is 24.2 Å². The summed E-state index contributed by atoms with van der Waals surface area (Å²) in [4.78, 5) is 21.8. The van der Waals surface area contributed by atoms with E-state index in [2.05, 4.69) is 0 Å². The largest absolute Gasteiger partial charge is 0.461 e. The highest BCUT2D eigenvalue weighted by Crippen LogP contribution is 2.05. The average molecular weight is 182 g/mol. The lowest BCUT2D eigenvalue weighted by molar-refractivity contribution is -0.119. The molecule has 0 saturated heterocycles. The van der Waals surface area contributed by atoms with Gasteiger partial charge in [-0.15, -0.1) is 0 Å². The number of furan rings is 1. The number of carbonyl (C=O) groups is 2. The van der Waals surface area contributed by atoms with Gasteiger partial charge in [0.05, 0.1) is 12.3 Å². The molecule has 0 aliphatic rings. The summed E-state index contributed by atoms with van der Waals surface area (Å²) in [6.07, 6.45) is 1.26. The summed E-state index contributed by atoms with van der Waals surface area (Å²) < 4.78 is 4.82. The van der Waals surface area contributed by atoms with Gasteiger partial charge in [0.2, 0.25) is 5.91 Å². The van der Waals surface area contributed by atoms with Crippen LogP contribution in [0.15, 0.2) is 22.8 Å². The molecule has 5 nitrogen and oxygen atoms in total. The third-order valence-electron chi connectivity index (χ3n) is 1.57. The van der Waals surface area contributed by atoms with Gasteiger partial charge in [0.15, 0.2) is 11.5 Å². The minimum atomic E-state index is -0.947. The van der Waals surface area contributed by atoms with Gasteiger partial charge in [-0.1, -0.05) is 0 Å². The molecule has 70 valence electrons. The van der Waals surface area contributed by atoms with E-state index in [0.717, 1.165) is 0 Å². The molecule has 4 N–H and O–H groups in total. The summed E-state index contributed by atoms with van der Waals surface area (Å²) in [7, 11) is 0. The van der Waals surface area contributed by atoms with Crippen molar-refractivity contribution in [2.24, 2.45) is 11.5 Å². The van der Waals surface area contributed by atoms with E-state index in [9.17, 15) is 9.59 Å². The lowest BCUT2D eigenvalue weighted by atomic mass is 10.1. The number of ketones is 1. The maximum atomic E-state index is 11.2. The minimum Gasteiger partial charge on any atom is -0.461 e. The molecule has 0 fully saturated rings. The molecule has 0 spiro atoms. The minimum absolute atomic E-state index is 0.122. The van der Waals surface area contributed by atoms with Crippen molar-refractivity contribution in [1.29, 1.82) is 0 Å². The molecule has 1 atom stereocenters. The third kappa shape index (κ3) is 2.41. The Morgan fingerprint density at radius 1 is 1.54 bits per heavy atom. The first kappa shape index (κ1) is 9.47. The molecule has 5 heteroatoms. The molecule has 0 aromatic carbocycles. The van der Waals surface area contributed by atoms with Crippen LogP contribution in [0.1, 0.15) is 17.0 Å². The monoisotopic (exact) mass is 182 g/mol. The lowest BCUT2D eigenvalue weighted by Crippen LogP contribution is -2.38. The van der Waals surface area contributed by atoms with Crippen molar-refractivity contribution < 1.29 is 14.0 Å². The van der Waals surface area contributed by atoms with Crippen LogP contribution in [-0.4, -0.2) is 17.7 Å². The molecule has 0 radical (unpaired) electrons. The molecule has 1 aromatic heterocycles. The number of hydrogen-bond acceptors (Lipinski definition) is 4. The van der Waals surface area contributed by atoms with E-state index < -0.39 is 11.9 Å². The predicted molar refractivity (Wildman–Crippen MR) is 44.8 cm³/mol. The summed E-state index contributed by atoms with van der Waals surface area (Å²) in [5.74, 6) is -0.826. The van der Waals surface area contributed by atoms with Crippen LogP contribution in [0.5, 0.6) is 0 Å². The van der Waals surface area contributed by atoms with Gasteiger partial charge in [-0.2, -0.15) is 0 Å². The van der Waals surface area contributed by atoms with Gasteiger partial charge in [-0.25, -0.2) is 0 Å². The predicted octanol–water partition coefficient (Wildman–Crippen LogP) is -0.335. The zero-order chi connectivity index (χ0) is 9.84. The molecule has 1 rings (SSSR count). The smallest absolute Gasteiger partial charge is 0.234 e. The van der Waals surface area contributed by atoms with E-state index in [0.29, 0.717) is 0 Å². The van der Waals surface area contributed by atoms with E-state index in [1.54, 1.807) is 6.07 Å². The van der Waals surface area contributed by atoms with Crippen LogP contribution in [0.3, 0.4) is 0 Å². The molecule has 1 unspecified atom stereocenters. The summed E-state index contributed by atoms with van der Waals surface area (Å²) in [6.45, 7) is 0. The van der Waals surface area contributed by atoms with Crippen LogP contribution in [-0.2, 0) is 4.79 Å². The number of amides is 1. The number of rotatable bonds is 4. The molecule has 0 saturated carbocycles. The van der Waals surface area contributed by atoms with E-state index in [1.165, 1.54) is 12.3 Å². The maximum Gasteiger partial charge on any atom is 0.234 e. The second-order valence-corrected chi connectivity index (χ2v) is 2.61. The van der Waals surface area contributed by atoms with E-state index in [1.807, 2.05) is 0 Å². The highest BCUT2D eigenvalue weighted by atomic mass is 16.3. The molecule has 13 heavy (non-hydrogen) atoms. The molecule has 0 aliphatic heterocycles. The van der Waals surface area contributed by atoms with Gasteiger partial charge >= 0.3 is 0 Å². The fraction of sp³-hybridized carbons (Fsp3) is 0.250. The second-order valence-electron chi connectivity index (χ2n) is 2.61. The van der Waals surface area contributed by atoms with Crippen molar-refractivity contribution in [2.75, 3.05) is 0 Å². The van der Waals surface area contributed by atoms with Crippen molar-refractivity contribution in [3.63, 3.8) is 0 Å². The summed E-state index contributed by atoms with van der Waals surface area (Å²) in [6, 6.07) is 2.15. The van der Waals surface area contributed by atoms with Gasteiger partial charge in [-0.05, 0) is 12.1 Å². The molecule has 1 heterocycles. The average Bonchev–Trinajstić information content (AvgIpc) is 2.55. The Hall–Kier alpha value is -1.62. The Kier molecular flexibility index (Phi) is 2.81. The molecule has 0 bridgehead atoms. The van der Waals surface area contributed by atoms with Crippen LogP contribution in [0.4, 0.5) is 0 Å². The quantitative estimate of drug-likeness (QED) is 0.622. The Labute approximate surface area is 74.7 Å². The SMILES string of the molecule is NC(=O)C(N)CC(=O)c1ccco1. The van der Waals surface area contributed by atoms with Gasteiger partial charge < -0.3 is 15.9 Å². The van der Waals surface area contributed by atoms with E-state index in [-0.39, 0.29) is 18.0 Å². The van der Waals surface area contributed by atoms with Gasteiger partial charge in [-0.3, -0.25) is 9.59 Å². The van der Waals surface area contributed by atoms with Crippen LogP contribution in [0, 0.1) is 0 Å².